The second kappa shape index (κ2) is 4.87. The molecular weight excluding hydrogens is 282 g/mol. The molecule has 0 fully saturated rings. The maximum absolute atomic E-state index is 5.42. The van der Waals surface area contributed by atoms with Gasteiger partial charge in [0.1, 0.15) is 5.82 Å². The zero-order chi connectivity index (χ0) is 12.4. The van der Waals surface area contributed by atoms with Gasteiger partial charge in [-0.15, -0.1) is 0 Å². The molecule has 0 saturated carbocycles. The van der Waals surface area contributed by atoms with Crippen LogP contribution in [-0.2, 0) is 6.42 Å². The number of halogens is 1. The molecule has 2 rings (SSSR count). The third-order valence-electron chi connectivity index (χ3n) is 2.56. The first-order chi connectivity index (χ1) is 8.17. The van der Waals surface area contributed by atoms with Crippen LogP contribution in [0.5, 0.6) is 0 Å². The molecular formula is C12H14BrN3O. The van der Waals surface area contributed by atoms with Gasteiger partial charge in [-0.3, -0.25) is 0 Å². The highest BCUT2D eigenvalue weighted by molar-refractivity contribution is 9.10. The van der Waals surface area contributed by atoms with Crippen molar-refractivity contribution in [1.82, 2.24) is 9.97 Å². The fourth-order valence-corrected chi connectivity index (χ4v) is 2.25. The quantitative estimate of drug-likeness (QED) is 0.943. The van der Waals surface area contributed by atoms with Crippen molar-refractivity contribution in [2.24, 2.45) is 0 Å². The molecule has 0 saturated heterocycles. The second-order valence-corrected chi connectivity index (χ2v) is 4.49. The fraction of sp³-hybridized carbons (Fsp3) is 0.333. The van der Waals surface area contributed by atoms with Crippen molar-refractivity contribution in [2.75, 3.05) is 12.4 Å². The van der Waals surface area contributed by atoms with Crippen LogP contribution in [0, 0.1) is 6.92 Å². The Balaban J connectivity index is 2.60. The van der Waals surface area contributed by atoms with Crippen LogP contribution in [0.4, 0.5) is 5.82 Å². The summed E-state index contributed by atoms with van der Waals surface area (Å²) in [5, 5.41) is 3.05. The van der Waals surface area contributed by atoms with Gasteiger partial charge in [0.05, 0.1) is 16.4 Å². The molecule has 0 aliphatic heterocycles. The van der Waals surface area contributed by atoms with Crippen LogP contribution >= 0.6 is 15.9 Å². The molecule has 17 heavy (non-hydrogen) atoms. The highest BCUT2D eigenvalue weighted by Gasteiger charge is 2.14. The number of anilines is 1. The predicted octanol–water partition coefficient (Wildman–Crippen LogP) is 3.41. The molecule has 4 nitrogen and oxygen atoms in total. The molecule has 5 heteroatoms. The largest absolute Gasteiger partial charge is 0.461 e. The topological polar surface area (TPSA) is 51.0 Å². The van der Waals surface area contributed by atoms with E-state index < -0.39 is 0 Å². The summed E-state index contributed by atoms with van der Waals surface area (Å²) in [5.74, 6) is 2.13. The maximum Gasteiger partial charge on any atom is 0.198 e. The molecule has 0 amide bonds. The van der Waals surface area contributed by atoms with Gasteiger partial charge in [0.15, 0.2) is 11.6 Å². The summed E-state index contributed by atoms with van der Waals surface area (Å²) in [5.41, 5.74) is 2.01. The molecule has 0 spiro atoms. The molecule has 1 N–H and O–H groups in total. The van der Waals surface area contributed by atoms with Gasteiger partial charge in [-0.1, -0.05) is 6.92 Å². The van der Waals surface area contributed by atoms with Gasteiger partial charge in [-0.2, -0.15) is 0 Å². The highest BCUT2D eigenvalue weighted by atomic mass is 79.9. The SMILES string of the molecule is CCc1nc(-c2occc2C)nc(NC)c1Br. The lowest BCUT2D eigenvalue weighted by atomic mass is 10.2. The standard InChI is InChI=1S/C12H14BrN3O/c1-4-8-9(13)11(14-3)16-12(15-8)10-7(2)5-6-17-10/h5-6H,4H2,1-3H3,(H,14,15,16). The lowest BCUT2D eigenvalue weighted by Gasteiger charge is -2.09. The number of hydrogen-bond acceptors (Lipinski definition) is 4. The minimum absolute atomic E-state index is 0.622. The number of furan rings is 1. The van der Waals surface area contributed by atoms with E-state index in [9.17, 15) is 0 Å². The molecule has 0 aliphatic rings. The van der Waals surface area contributed by atoms with Crippen molar-refractivity contribution in [1.29, 1.82) is 0 Å². The van der Waals surface area contributed by atoms with Gasteiger partial charge in [-0.25, -0.2) is 9.97 Å². The van der Waals surface area contributed by atoms with Crippen LogP contribution in [0.15, 0.2) is 21.2 Å². The van der Waals surface area contributed by atoms with E-state index in [1.54, 1.807) is 6.26 Å². The Morgan fingerprint density at radius 1 is 1.41 bits per heavy atom. The van der Waals surface area contributed by atoms with Crippen LogP contribution in [0.25, 0.3) is 11.6 Å². The molecule has 0 bridgehead atoms. The first kappa shape index (κ1) is 12.1. The lowest BCUT2D eigenvalue weighted by molar-refractivity contribution is 0.575. The van der Waals surface area contributed by atoms with E-state index in [0.717, 1.165) is 33.7 Å². The maximum atomic E-state index is 5.42. The number of aryl methyl sites for hydroxylation is 2. The Labute approximate surface area is 109 Å². The zero-order valence-corrected chi connectivity index (χ0v) is 11.6. The lowest BCUT2D eigenvalue weighted by Crippen LogP contribution is -2.02. The smallest absolute Gasteiger partial charge is 0.198 e. The van der Waals surface area contributed by atoms with Gasteiger partial charge in [0.2, 0.25) is 0 Å². The monoisotopic (exact) mass is 295 g/mol. The summed E-state index contributed by atoms with van der Waals surface area (Å²) in [7, 11) is 1.84. The average Bonchev–Trinajstić information content (AvgIpc) is 2.76. The highest BCUT2D eigenvalue weighted by Crippen LogP contribution is 2.28. The Kier molecular flexibility index (Phi) is 3.47. The average molecular weight is 296 g/mol. The van der Waals surface area contributed by atoms with Gasteiger partial charge in [0, 0.05) is 7.05 Å². The Hall–Kier alpha value is -1.36. The third kappa shape index (κ3) is 2.20. The summed E-state index contributed by atoms with van der Waals surface area (Å²) in [6, 6.07) is 1.91. The zero-order valence-electron chi connectivity index (χ0n) is 10.0. The summed E-state index contributed by atoms with van der Waals surface area (Å²) in [6.45, 7) is 4.04. The molecule has 2 aromatic rings. The van der Waals surface area contributed by atoms with Crippen molar-refractivity contribution in [3.05, 3.63) is 28.1 Å². The van der Waals surface area contributed by atoms with Crippen LogP contribution < -0.4 is 5.32 Å². The molecule has 0 aliphatic carbocycles. The molecule has 90 valence electrons. The second-order valence-electron chi connectivity index (χ2n) is 3.69. The number of nitrogens with one attached hydrogen (secondary N) is 1. The van der Waals surface area contributed by atoms with E-state index in [-0.39, 0.29) is 0 Å². The van der Waals surface area contributed by atoms with Crippen LogP contribution in [0.2, 0.25) is 0 Å². The Bertz CT molecular complexity index is 511. The Morgan fingerprint density at radius 3 is 2.71 bits per heavy atom. The predicted molar refractivity (Wildman–Crippen MR) is 71.1 cm³/mol. The molecule has 0 unspecified atom stereocenters. The number of rotatable bonds is 3. The molecule has 2 heterocycles. The van der Waals surface area contributed by atoms with E-state index in [4.69, 9.17) is 4.42 Å². The van der Waals surface area contributed by atoms with E-state index >= 15 is 0 Å². The van der Waals surface area contributed by atoms with Crippen molar-refractivity contribution in [3.63, 3.8) is 0 Å². The fourth-order valence-electron chi connectivity index (χ4n) is 1.60. The Morgan fingerprint density at radius 2 is 2.18 bits per heavy atom. The number of nitrogens with zero attached hydrogens (tertiary/aromatic N) is 2. The van der Waals surface area contributed by atoms with Gasteiger partial charge >= 0.3 is 0 Å². The minimum Gasteiger partial charge on any atom is -0.461 e. The van der Waals surface area contributed by atoms with Crippen molar-refractivity contribution >= 4 is 21.7 Å². The van der Waals surface area contributed by atoms with Gasteiger partial charge in [-0.05, 0) is 40.9 Å². The van der Waals surface area contributed by atoms with E-state index in [0.29, 0.717) is 5.82 Å². The minimum atomic E-state index is 0.622. The van der Waals surface area contributed by atoms with Gasteiger partial charge in [0.25, 0.3) is 0 Å². The van der Waals surface area contributed by atoms with Crippen molar-refractivity contribution in [2.45, 2.75) is 20.3 Å². The van der Waals surface area contributed by atoms with E-state index in [1.165, 1.54) is 0 Å². The third-order valence-corrected chi connectivity index (χ3v) is 3.39. The normalized spacial score (nSPS) is 10.6. The molecule has 0 atom stereocenters. The van der Waals surface area contributed by atoms with E-state index in [2.05, 4.69) is 38.1 Å². The van der Waals surface area contributed by atoms with Crippen molar-refractivity contribution in [3.8, 4) is 11.6 Å². The molecule has 0 aromatic carbocycles. The molecule has 2 aromatic heterocycles. The summed E-state index contributed by atoms with van der Waals surface area (Å²) < 4.78 is 6.33. The molecule has 0 radical (unpaired) electrons. The van der Waals surface area contributed by atoms with Gasteiger partial charge < -0.3 is 9.73 Å². The first-order valence-corrected chi connectivity index (χ1v) is 6.25. The van der Waals surface area contributed by atoms with Crippen LogP contribution in [-0.4, -0.2) is 17.0 Å². The summed E-state index contributed by atoms with van der Waals surface area (Å²) >= 11 is 3.50. The number of aromatic nitrogens is 2. The van der Waals surface area contributed by atoms with Crippen molar-refractivity contribution < 1.29 is 4.42 Å². The van der Waals surface area contributed by atoms with Crippen LogP contribution in [0.3, 0.4) is 0 Å². The number of hydrogen-bond donors (Lipinski definition) is 1. The first-order valence-electron chi connectivity index (χ1n) is 5.46. The van der Waals surface area contributed by atoms with E-state index in [1.807, 2.05) is 20.0 Å². The van der Waals surface area contributed by atoms with Crippen LogP contribution in [0.1, 0.15) is 18.2 Å². The summed E-state index contributed by atoms with van der Waals surface area (Å²) in [6.07, 6.45) is 2.49. The summed E-state index contributed by atoms with van der Waals surface area (Å²) in [4.78, 5) is 8.95.